The van der Waals surface area contributed by atoms with E-state index in [4.69, 9.17) is 0 Å². The van der Waals surface area contributed by atoms with Crippen molar-refractivity contribution >= 4 is 27.5 Å². The zero-order valence-corrected chi connectivity index (χ0v) is 12.9. The van der Waals surface area contributed by atoms with Gasteiger partial charge in [-0.05, 0) is 30.3 Å². The standard InChI is InChI=1S/C15H13N3O4S/c1-18-9-12(19)11-8-10(5-6-13(11)23(18,21)22)15(20)17-14-4-2-3-7-16-14/h2-9,19H,1H3,(H,16,17,20). The number of hydrogen-bond donors (Lipinski definition) is 2. The smallest absolute Gasteiger partial charge is 0.264 e. The maximum absolute atomic E-state index is 12.2. The molecular formula is C15H13N3O4S. The van der Waals surface area contributed by atoms with Crippen molar-refractivity contribution in [2.45, 2.75) is 4.90 Å². The van der Waals surface area contributed by atoms with Crippen LogP contribution in [0.1, 0.15) is 15.9 Å². The molecule has 2 aromatic rings. The van der Waals surface area contributed by atoms with E-state index in [9.17, 15) is 18.3 Å². The first-order chi connectivity index (χ1) is 10.9. The molecule has 1 aliphatic heterocycles. The Morgan fingerprint density at radius 2 is 2.04 bits per heavy atom. The second-order valence-corrected chi connectivity index (χ2v) is 6.88. The molecular weight excluding hydrogens is 318 g/mol. The Morgan fingerprint density at radius 3 is 2.74 bits per heavy atom. The highest BCUT2D eigenvalue weighted by atomic mass is 32.2. The van der Waals surface area contributed by atoms with Crippen LogP contribution in [0.4, 0.5) is 5.82 Å². The molecule has 2 heterocycles. The molecule has 0 unspecified atom stereocenters. The number of rotatable bonds is 2. The lowest BCUT2D eigenvalue weighted by Gasteiger charge is -2.23. The van der Waals surface area contributed by atoms with Gasteiger partial charge in [-0.2, -0.15) is 0 Å². The summed E-state index contributed by atoms with van der Waals surface area (Å²) in [6, 6.07) is 9.11. The predicted molar refractivity (Wildman–Crippen MR) is 84.2 cm³/mol. The highest BCUT2D eigenvalue weighted by molar-refractivity contribution is 7.89. The van der Waals surface area contributed by atoms with Crippen LogP contribution in [0, 0.1) is 0 Å². The molecule has 1 aliphatic rings. The molecule has 118 valence electrons. The van der Waals surface area contributed by atoms with Crippen LogP contribution in [0.2, 0.25) is 0 Å². The molecule has 8 heteroatoms. The lowest BCUT2D eigenvalue weighted by molar-refractivity contribution is 0.102. The minimum atomic E-state index is -3.70. The third kappa shape index (κ3) is 2.64. The molecule has 0 spiro atoms. The van der Waals surface area contributed by atoms with E-state index in [1.165, 1.54) is 25.2 Å². The Morgan fingerprint density at radius 1 is 1.26 bits per heavy atom. The molecule has 1 aromatic heterocycles. The van der Waals surface area contributed by atoms with Gasteiger partial charge in [0.15, 0.2) is 0 Å². The van der Waals surface area contributed by atoms with Gasteiger partial charge in [0, 0.05) is 24.4 Å². The number of hydrogen-bond acceptors (Lipinski definition) is 5. The van der Waals surface area contributed by atoms with Crippen LogP contribution in [0.15, 0.2) is 53.7 Å². The minimum absolute atomic E-state index is 0.0469. The first kappa shape index (κ1) is 15.0. The molecule has 0 atom stereocenters. The van der Waals surface area contributed by atoms with E-state index in [-0.39, 0.29) is 21.8 Å². The number of aliphatic hydroxyl groups excluding tert-OH is 1. The summed E-state index contributed by atoms with van der Waals surface area (Å²) in [5.74, 6) is -0.289. The summed E-state index contributed by atoms with van der Waals surface area (Å²) in [7, 11) is -2.37. The molecule has 1 aromatic carbocycles. The van der Waals surface area contributed by atoms with E-state index < -0.39 is 15.9 Å². The van der Waals surface area contributed by atoms with Crippen molar-refractivity contribution in [1.29, 1.82) is 0 Å². The zero-order valence-electron chi connectivity index (χ0n) is 12.1. The van der Waals surface area contributed by atoms with Crippen molar-refractivity contribution in [3.63, 3.8) is 0 Å². The first-order valence-electron chi connectivity index (χ1n) is 6.65. The van der Waals surface area contributed by atoms with Crippen molar-refractivity contribution in [2.75, 3.05) is 12.4 Å². The first-order valence-corrected chi connectivity index (χ1v) is 8.09. The van der Waals surface area contributed by atoms with Gasteiger partial charge in [0.2, 0.25) is 0 Å². The molecule has 1 amide bonds. The maximum atomic E-state index is 12.2. The van der Waals surface area contributed by atoms with Crippen LogP contribution < -0.4 is 5.32 Å². The lowest BCUT2D eigenvalue weighted by Crippen LogP contribution is -2.27. The molecule has 0 saturated carbocycles. The number of aliphatic hydroxyl groups is 1. The SMILES string of the molecule is CN1C=C(O)c2cc(C(=O)Nc3ccccn3)ccc2S1(=O)=O. The largest absolute Gasteiger partial charge is 0.506 e. The lowest BCUT2D eigenvalue weighted by atomic mass is 10.1. The second-order valence-electron chi connectivity index (χ2n) is 4.92. The van der Waals surface area contributed by atoms with Crippen molar-refractivity contribution in [3.8, 4) is 0 Å². The summed E-state index contributed by atoms with van der Waals surface area (Å²) in [4.78, 5) is 16.2. The van der Waals surface area contributed by atoms with Crippen LogP contribution in [0.3, 0.4) is 0 Å². The summed E-state index contributed by atoms with van der Waals surface area (Å²) in [5, 5.41) is 12.6. The fraction of sp³-hybridized carbons (Fsp3) is 0.0667. The molecule has 0 saturated heterocycles. The number of aromatic nitrogens is 1. The number of pyridine rings is 1. The Bertz CT molecular complexity index is 908. The van der Waals surface area contributed by atoms with E-state index in [2.05, 4.69) is 10.3 Å². The number of amides is 1. The van der Waals surface area contributed by atoms with E-state index in [0.717, 1.165) is 10.5 Å². The molecule has 0 bridgehead atoms. The monoisotopic (exact) mass is 331 g/mol. The van der Waals surface area contributed by atoms with E-state index in [0.29, 0.717) is 5.82 Å². The van der Waals surface area contributed by atoms with Gasteiger partial charge in [0.05, 0.1) is 11.1 Å². The van der Waals surface area contributed by atoms with E-state index >= 15 is 0 Å². The Labute approximate surface area is 132 Å². The van der Waals surface area contributed by atoms with Gasteiger partial charge in [0.25, 0.3) is 15.9 Å². The van der Waals surface area contributed by atoms with Crippen LogP contribution >= 0.6 is 0 Å². The van der Waals surface area contributed by atoms with Crippen molar-refractivity contribution in [2.24, 2.45) is 0 Å². The number of anilines is 1. The molecule has 0 aliphatic carbocycles. The quantitative estimate of drug-likeness (QED) is 0.874. The van der Waals surface area contributed by atoms with Crippen LogP contribution in [0.5, 0.6) is 0 Å². The Balaban J connectivity index is 1.98. The Hall–Kier alpha value is -2.87. The fourth-order valence-electron chi connectivity index (χ4n) is 2.19. The van der Waals surface area contributed by atoms with Gasteiger partial charge >= 0.3 is 0 Å². The zero-order chi connectivity index (χ0) is 16.6. The van der Waals surface area contributed by atoms with Crippen molar-refractivity contribution in [3.05, 3.63) is 59.9 Å². The Kier molecular flexibility index (Phi) is 3.53. The molecule has 3 rings (SSSR count). The van der Waals surface area contributed by atoms with Crippen LogP contribution in [-0.4, -0.2) is 35.8 Å². The summed E-state index contributed by atoms with van der Waals surface area (Å²) in [6.45, 7) is 0. The summed E-state index contributed by atoms with van der Waals surface area (Å²) < 4.78 is 25.3. The van der Waals surface area contributed by atoms with Gasteiger partial charge < -0.3 is 10.4 Å². The summed E-state index contributed by atoms with van der Waals surface area (Å²) in [6.07, 6.45) is 2.64. The molecule has 0 fully saturated rings. The summed E-state index contributed by atoms with van der Waals surface area (Å²) >= 11 is 0. The van der Waals surface area contributed by atoms with Gasteiger partial charge in [-0.1, -0.05) is 6.07 Å². The van der Waals surface area contributed by atoms with E-state index in [1.54, 1.807) is 24.4 Å². The number of nitrogens with zero attached hydrogens (tertiary/aromatic N) is 2. The average molecular weight is 331 g/mol. The minimum Gasteiger partial charge on any atom is -0.506 e. The molecule has 23 heavy (non-hydrogen) atoms. The third-order valence-electron chi connectivity index (χ3n) is 3.39. The number of benzene rings is 1. The number of carbonyl (C=O) groups is 1. The maximum Gasteiger partial charge on any atom is 0.264 e. The van der Waals surface area contributed by atoms with Gasteiger partial charge in [-0.25, -0.2) is 13.4 Å². The van der Waals surface area contributed by atoms with Crippen LogP contribution in [-0.2, 0) is 10.0 Å². The van der Waals surface area contributed by atoms with Crippen LogP contribution in [0.25, 0.3) is 5.76 Å². The molecule has 2 N–H and O–H groups in total. The topological polar surface area (TPSA) is 99.6 Å². The fourth-order valence-corrected chi connectivity index (χ4v) is 3.42. The van der Waals surface area contributed by atoms with E-state index in [1.807, 2.05) is 0 Å². The van der Waals surface area contributed by atoms with Crippen molar-refractivity contribution < 1.29 is 18.3 Å². The number of nitrogens with one attached hydrogen (secondary N) is 1. The predicted octanol–water partition coefficient (Wildman–Crippen LogP) is 1.82. The average Bonchev–Trinajstić information content (AvgIpc) is 2.54. The van der Waals surface area contributed by atoms with Gasteiger partial charge in [-0.15, -0.1) is 0 Å². The highest BCUT2D eigenvalue weighted by Crippen LogP contribution is 2.30. The summed E-state index contributed by atoms with van der Waals surface area (Å²) in [5.41, 5.74) is 0.311. The normalized spacial score (nSPS) is 15.5. The van der Waals surface area contributed by atoms with Gasteiger partial charge in [-0.3, -0.25) is 9.10 Å². The highest BCUT2D eigenvalue weighted by Gasteiger charge is 2.29. The third-order valence-corrected chi connectivity index (χ3v) is 5.16. The number of fused-ring (bicyclic) bond motifs is 1. The molecule has 7 nitrogen and oxygen atoms in total. The number of sulfonamides is 1. The number of carbonyl (C=O) groups excluding carboxylic acids is 1. The van der Waals surface area contributed by atoms with Gasteiger partial charge in [0.1, 0.15) is 11.6 Å². The van der Waals surface area contributed by atoms with Crippen molar-refractivity contribution in [1.82, 2.24) is 9.29 Å². The molecule has 0 radical (unpaired) electrons. The second kappa shape index (κ2) is 5.40.